The summed E-state index contributed by atoms with van der Waals surface area (Å²) in [5, 5.41) is 46.1. The molecule has 2 bridgehead atoms. The lowest BCUT2D eigenvalue weighted by Gasteiger charge is -2.46. The first-order valence-corrected chi connectivity index (χ1v) is 13.4. The van der Waals surface area contributed by atoms with Gasteiger partial charge in [-0.05, 0) is 85.5 Å². The highest BCUT2D eigenvalue weighted by molar-refractivity contribution is 6.31. The molecule has 0 amide bonds. The first kappa shape index (κ1) is 28.5. The van der Waals surface area contributed by atoms with Crippen molar-refractivity contribution in [2.45, 2.75) is 50.0 Å². The minimum atomic E-state index is -1.75. The van der Waals surface area contributed by atoms with Crippen LogP contribution >= 0.6 is 11.6 Å². The first-order chi connectivity index (χ1) is 19.2. The number of rotatable bonds is 9. The fourth-order valence-corrected chi connectivity index (χ4v) is 5.20. The molecule has 0 unspecified atom stereocenters. The average molecular weight is 570 g/mol. The maximum absolute atomic E-state index is 10.8. The molecule has 212 valence electrons. The van der Waals surface area contributed by atoms with Crippen molar-refractivity contribution < 1.29 is 39.5 Å². The van der Waals surface area contributed by atoms with Crippen LogP contribution in [0.2, 0.25) is 5.02 Å². The summed E-state index contributed by atoms with van der Waals surface area (Å²) >= 11 is 6.51. The standard InChI is InChI=1S/C30H32ClNO8/c1-3-38-32-18(2)20-6-11-24(12-7-20)39-23-9-4-19(5-10-23)14-21-15-22(8-13-25(21)31)30-28(36)26(34)27(35)29(16-33,40-30)17-37-30/h4-13,15,26-28,33-36H,3,14,16-17H2,1-2H3/t26-,27-,28+,29-,30-/m0/s1. The van der Waals surface area contributed by atoms with E-state index in [2.05, 4.69) is 5.16 Å². The van der Waals surface area contributed by atoms with Gasteiger partial charge in [-0.15, -0.1) is 0 Å². The molecule has 5 rings (SSSR count). The van der Waals surface area contributed by atoms with Gasteiger partial charge in [-0.1, -0.05) is 35.0 Å². The molecule has 5 atom stereocenters. The van der Waals surface area contributed by atoms with Gasteiger partial charge in [0.1, 0.15) is 42.0 Å². The Hall–Kier alpha value is -3.02. The van der Waals surface area contributed by atoms with Crippen molar-refractivity contribution in [1.29, 1.82) is 0 Å². The van der Waals surface area contributed by atoms with Crippen LogP contribution in [-0.2, 0) is 26.5 Å². The Labute approximate surface area is 237 Å². The zero-order chi connectivity index (χ0) is 28.5. The Balaban J connectivity index is 1.30. The second-order valence-corrected chi connectivity index (χ2v) is 10.4. The third-order valence-corrected chi connectivity index (χ3v) is 7.70. The Morgan fingerprint density at radius 1 is 1.00 bits per heavy atom. The highest BCUT2D eigenvalue weighted by atomic mass is 35.5. The lowest BCUT2D eigenvalue weighted by atomic mass is 9.83. The number of aliphatic hydroxyl groups excluding tert-OH is 4. The zero-order valence-corrected chi connectivity index (χ0v) is 22.9. The van der Waals surface area contributed by atoms with Crippen molar-refractivity contribution in [3.05, 3.63) is 94.0 Å². The minimum absolute atomic E-state index is 0.193. The van der Waals surface area contributed by atoms with Gasteiger partial charge >= 0.3 is 0 Å². The third kappa shape index (κ3) is 5.22. The maximum atomic E-state index is 10.8. The predicted octanol–water partition coefficient (Wildman–Crippen LogP) is 3.51. The van der Waals surface area contributed by atoms with Crippen LogP contribution < -0.4 is 4.74 Å². The number of halogens is 1. The molecule has 40 heavy (non-hydrogen) atoms. The normalized spacial score (nSPS) is 28.0. The van der Waals surface area contributed by atoms with E-state index in [0.29, 0.717) is 35.1 Å². The van der Waals surface area contributed by atoms with E-state index in [0.717, 1.165) is 22.4 Å². The molecule has 10 heteroatoms. The van der Waals surface area contributed by atoms with Crippen LogP contribution in [0.25, 0.3) is 0 Å². The average Bonchev–Trinajstić information content (AvgIpc) is 3.36. The second kappa shape index (κ2) is 11.5. The number of aliphatic hydroxyl groups is 4. The van der Waals surface area contributed by atoms with Crippen molar-refractivity contribution in [3.8, 4) is 11.5 Å². The second-order valence-electron chi connectivity index (χ2n) is 10.0. The smallest absolute Gasteiger partial charge is 0.225 e. The summed E-state index contributed by atoms with van der Waals surface area (Å²) in [6, 6.07) is 20.2. The largest absolute Gasteiger partial charge is 0.457 e. The highest BCUT2D eigenvalue weighted by Gasteiger charge is 2.67. The van der Waals surface area contributed by atoms with Gasteiger partial charge in [0.15, 0.2) is 0 Å². The molecular formula is C30H32ClNO8. The summed E-state index contributed by atoms with van der Waals surface area (Å²) in [5.41, 5.74) is 2.31. The van der Waals surface area contributed by atoms with E-state index in [1.165, 1.54) is 0 Å². The first-order valence-electron chi connectivity index (χ1n) is 13.0. The third-order valence-electron chi connectivity index (χ3n) is 7.33. The number of hydrogen-bond donors (Lipinski definition) is 4. The monoisotopic (exact) mass is 569 g/mol. The number of benzene rings is 3. The molecule has 9 nitrogen and oxygen atoms in total. The Kier molecular flexibility index (Phi) is 8.17. The fourth-order valence-electron chi connectivity index (χ4n) is 5.01. The molecule has 3 aromatic carbocycles. The topological polar surface area (TPSA) is 130 Å². The molecular weight excluding hydrogens is 538 g/mol. The van der Waals surface area contributed by atoms with E-state index in [1.807, 2.05) is 62.4 Å². The number of oxime groups is 1. The van der Waals surface area contributed by atoms with Crippen molar-refractivity contribution in [3.63, 3.8) is 0 Å². The van der Waals surface area contributed by atoms with Crippen molar-refractivity contribution >= 4 is 17.3 Å². The SMILES string of the molecule is CCON=C(C)c1ccc(Oc2ccc(Cc3cc([C@]45OC[C@](CO)(O4)[C@@H](O)[C@H](O)[C@H]5O)ccc3Cl)cc2)cc1. The van der Waals surface area contributed by atoms with Gasteiger partial charge in [-0.25, -0.2) is 0 Å². The van der Waals surface area contributed by atoms with Crippen LogP contribution in [-0.4, -0.2) is 69.9 Å². The van der Waals surface area contributed by atoms with E-state index in [-0.39, 0.29) is 6.61 Å². The molecule has 0 radical (unpaired) electrons. The van der Waals surface area contributed by atoms with Crippen LogP contribution in [0, 0.1) is 0 Å². The van der Waals surface area contributed by atoms with Gasteiger partial charge in [0.2, 0.25) is 5.79 Å². The molecule has 0 spiro atoms. The van der Waals surface area contributed by atoms with Gasteiger partial charge in [0, 0.05) is 10.6 Å². The number of fused-ring (bicyclic) bond motifs is 2. The van der Waals surface area contributed by atoms with Crippen LogP contribution in [0.1, 0.15) is 36.1 Å². The summed E-state index contributed by atoms with van der Waals surface area (Å²) in [4.78, 5) is 5.10. The summed E-state index contributed by atoms with van der Waals surface area (Å²) in [6.07, 6.45) is -4.20. The predicted molar refractivity (Wildman–Crippen MR) is 148 cm³/mol. The molecule has 2 saturated heterocycles. The van der Waals surface area contributed by atoms with Crippen LogP contribution in [0.4, 0.5) is 0 Å². The Morgan fingerprint density at radius 3 is 2.33 bits per heavy atom. The summed E-state index contributed by atoms with van der Waals surface area (Å²) < 4.78 is 17.8. The number of nitrogens with zero attached hydrogens (tertiary/aromatic N) is 1. The zero-order valence-electron chi connectivity index (χ0n) is 22.2. The van der Waals surface area contributed by atoms with E-state index in [9.17, 15) is 20.4 Å². The van der Waals surface area contributed by atoms with Crippen molar-refractivity contribution in [2.24, 2.45) is 5.16 Å². The Morgan fingerprint density at radius 2 is 1.68 bits per heavy atom. The molecule has 3 aromatic rings. The van der Waals surface area contributed by atoms with Gasteiger partial charge in [-0.3, -0.25) is 0 Å². The van der Waals surface area contributed by atoms with E-state index >= 15 is 0 Å². The molecule has 2 aliphatic heterocycles. The number of hydrogen-bond acceptors (Lipinski definition) is 9. The van der Waals surface area contributed by atoms with Gasteiger partial charge in [-0.2, -0.15) is 0 Å². The van der Waals surface area contributed by atoms with E-state index in [4.69, 9.17) is 30.6 Å². The van der Waals surface area contributed by atoms with Crippen molar-refractivity contribution in [1.82, 2.24) is 0 Å². The molecule has 0 aliphatic carbocycles. The van der Waals surface area contributed by atoms with Crippen LogP contribution in [0.15, 0.2) is 71.9 Å². The van der Waals surface area contributed by atoms with E-state index < -0.39 is 36.3 Å². The molecule has 2 aliphatic rings. The lowest BCUT2D eigenvalue weighted by molar-refractivity contribution is -0.329. The Bertz CT molecular complexity index is 1370. The lowest BCUT2D eigenvalue weighted by Crippen LogP contribution is -2.65. The van der Waals surface area contributed by atoms with Gasteiger partial charge in [0.05, 0.1) is 18.9 Å². The summed E-state index contributed by atoms with van der Waals surface area (Å²) in [6.45, 7) is 3.50. The molecule has 4 N–H and O–H groups in total. The molecule has 2 heterocycles. The van der Waals surface area contributed by atoms with Gasteiger partial charge in [0.25, 0.3) is 0 Å². The highest BCUT2D eigenvalue weighted by Crippen LogP contribution is 2.49. The summed E-state index contributed by atoms with van der Waals surface area (Å²) in [5.74, 6) is -0.396. The van der Waals surface area contributed by atoms with Crippen LogP contribution in [0.3, 0.4) is 0 Å². The fraction of sp³-hybridized carbons (Fsp3) is 0.367. The minimum Gasteiger partial charge on any atom is -0.457 e. The van der Waals surface area contributed by atoms with E-state index in [1.54, 1.807) is 18.2 Å². The molecule has 0 saturated carbocycles. The molecule has 0 aromatic heterocycles. The molecule has 2 fully saturated rings. The van der Waals surface area contributed by atoms with Crippen molar-refractivity contribution in [2.75, 3.05) is 19.8 Å². The quantitative estimate of drug-likeness (QED) is 0.227. The summed E-state index contributed by atoms with van der Waals surface area (Å²) in [7, 11) is 0. The maximum Gasteiger partial charge on any atom is 0.225 e. The van der Waals surface area contributed by atoms with Gasteiger partial charge < -0.3 is 39.5 Å². The van der Waals surface area contributed by atoms with Crippen LogP contribution in [0.5, 0.6) is 11.5 Å². The number of ether oxygens (including phenoxy) is 3.